The van der Waals surface area contributed by atoms with E-state index in [9.17, 15) is 8.78 Å². The third-order valence-corrected chi connectivity index (χ3v) is 2.28. The van der Waals surface area contributed by atoms with Crippen molar-refractivity contribution in [1.82, 2.24) is 0 Å². The maximum atomic E-state index is 12.9. The molecule has 0 aliphatic carbocycles. The standard InChI is InChI=1S/C11H11F2NO2/c1-2-4-8(14)7-5-3-6-9-10(7)16-11(12,13)15-9/h2-3,5-6,8H,1,4,14H2/t8-/m1/s1. The Balaban J connectivity index is 2.36. The molecule has 3 nitrogen and oxygen atoms in total. The fraction of sp³-hybridized carbons (Fsp3) is 0.273. The SMILES string of the molecule is C=CC[C@@H](N)c1cccc2c1OC(F)(F)O2. The molecule has 0 bridgehead atoms. The Labute approximate surface area is 91.5 Å². The van der Waals surface area contributed by atoms with Gasteiger partial charge < -0.3 is 15.2 Å². The van der Waals surface area contributed by atoms with E-state index in [1.54, 1.807) is 18.2 Å². The van der Waals surface area contributed by atoms with Gasteiger partial charge in [-0.2, -0.15) is 0 Å². The van der Waals surface area contributed by atoms with Crippen LogP contribution < -0.4 is 15.2 Å². The van der Waals surface area contributed by atoms with Crippen LogP contribution in [0.5, 0.6) is 11.5 Å². The molecule has 0 amide bonds. The summed E-state index contributed by atoms with van der Waals surface area (Å²) in [4.78, 5) is 0. The van der Waals surface area contributed by atoms with E-state index in [4.69, 9.17) is 5.73 Å². The summed E-state index contributed by atoms with van der Waals surface area (Å²) in [5.41, 5.74) is 6.31. The van der Waals surface area contributed by atoms with Crippen LogP contribution in [0.15, 0.2) is 30.9 Å². The molecule has 1 aromatic rings. The molecule has 0 radical (unpaired) electrons. The smallest absolute Gasteiger partial charge is 0.395 e. The van der Waals surface area contributed by atoms with Crippen LogP contribution in [0.25, 0.3) is 0 Å². The van der Waals surface area contributed by atoms with E-state index in [1.807, 2.05) is 0 Å². The van der Waals surface area contributed by atoms with Gasteiger partial charge in [0.15, 0.2) is 11.5 Å². The third kappa shape index (κ3) is 1.86. The van der Waals surface area contributed by atoms with E-state index in [0.717, 1.165) is 0 Å². The first-order valence-electron chi connectivity index (χ1n) is 4.79. The molecule has 0 saturated heterocycles. The molecule has 0 spiro atoms. The molecule has 2 rings (SSSR count). The molecular formula is C11H11F2NO2. The summed E-state index contributed by atoms with van der Waals surface area (Å²) in [7, 11) is 0. The molecule has 0 fully saturated rings. The number of hydrogen-bond acceptors (Lipinski definition) is 3. The highest BCUT2D eigenvalue weighted by Gasteiger charge is 2.44. The number of fused-ring (bicyclic) bond motifs is 1. The monoisotopic (exact) mass is 227 g/mol. The van der Waals surface area contributed by atoms with E-state index in [1.165, 1.54) is 6.07 Å². The van der Waals surface area contributed by atoms with Crippen molar-refractivity contribution in [1.29, 1.82) is 0 Å². The van der Waals surface area contributed by atoms with Gasteiger partial charge in [0.2, 0.25) is 0 Å². The molecule has 1 heterocycles. The molecular weight excluding hydrogens is 216 g/mol. The number of nitrogens with two attached hydrogens (primary N) is 1. The molecule has 2 N–H and O–H groups in total. The van der Waals surface area contributed by atoms with Crippen molar-refractivity contribution in [2.45, 2.75) is 18.8 Å². The fourth-order valence-electron chi connectivity index (χ4n) is 1.59. The quantitative estimate of drug-likeness (QED) is 0.807. The van der Waals surface area contributed by atoms with Crippen LogP contribution in [0.4, 0.5) is 8.78 Å². The van der Waals surface area contributed by atoms with Crippen LogP contribution in [-0.2, 0) is 0 Å². The summed E-state index contributed by atoms with van der Waals surface area (Å²) < 4.78 is 34.5. The Morgan fingerprint density at radius 1 is 1.44 bits per heavy atom. The number of para-hydroxylation sites is 1. The average molecular weight is 227 g/mol. The van der Waals surface area contributed by atoms with Gasteiger partial charge >= 0.3 is 6.29 Å². The zero-order valence-corrected chi connectivity index (χ0v) is 8.45. The zero-order valence-electron chi connectivity index (χ0n) is 8.45. The number of hydrogen-bond donors (Lipinski definition) is 1. The second kappa shape index (κ2) is 3.75. The predicted molar refractivity (Wildman–Crippen MR) is 54.4 cm³/mol. The summed E-state index contributed by atoms with van der Waals surface area (Å²) >= 11 is 0. The Hall–Kier alpha value is -1.62. The highest BCUT2D eigenvalue weighted by atomic mass is 19.3. The maximum Gasteiger partial charge on any atom is 0.586 e. The Bertz CT molecular complexity index is 420. The van der Waals surface area contributed by atoms with Gasteiger partial charge in [-0.3, -0.25) is 0 Å². The maximum absolute atomic E-state index is 12.9. The minimum atomic E-state index is -3.60. The van der Waals surface area contributed by atoms with E-state index >= 15 is 0 Å². The summed E-state index contributed by atoms with van der Waals surface area (Å²) in [5, 5.41) is 0. The highest BCUT2D eigenvalue weighted by molar-refractivity contribution is 5.50. The number of rotatable bonds is 3. The fourth-order valence-corrected chi connectivity index (χ4v) is 1.59. The normalized spacial score (nSPS) is 18.2. The lowest BCUT2D eigenvalue weighted by Crippen LogP contribution is -2.26. The Morgan fingerprint density at radius 2 is 2.19 bits per heavy atom. The Kier molecular flexibility index (Phi) is 2.55. The number of halogens is 2. The predicted octanol–water partition coefficient (Wildman–Crippen LogP) is 2.58. The van der Waals surface area contributed by atoms with Gasteiger partial charge in [-0.15, -0.1) is 15.4 Å². The van der Waals surface area contributed by atoms with Crippen LogP contribution in [0.3, 0.4) is 0 Å². The van der Waals surface area contributed by atoms with Crippen molar-refractivity contribution in [3.05, 3.63) is 36.4 Å². The first-order valence-corrected chi connectivity index (χ1v) is 4.79. The minimum Gasteiger partial charge on any atom is -0.395 e. The molecule has 1 aliphatic rings. The Morgan fingerprint density at radius 3 is 2.88 bits per heavy atom. The minimum absolute atomic E-state index is 0.0156. The summed E-state index contributed by atoms with van der Waals surface area (Å²) in [6, 6.07) is 4.23. The van der Waals surface area contributed by atoms with Gasteiger partial charge in [0.25, 0.3) is 0 Å². The average Bonchev–Trinajstić information content (AvgIpc) is 2.51. The molecule has 0 saturated carbocycles. The lowest BCUT2D eigenvalue weighted by Gasteiger charge is -2.12. The van der Waals surface area contributed by atoms with Gasteiger partial charge in [-0.05, 0) is 12.5 Å². The molecule has 1 aromatic carbocycles. The molecule has 0 unspecified atom stereocenters. The van der Waals surface area contributed by atoms with E-state index in [0.29, 0.717) is 12.0 Å². The van der Waals surface area contributed by atoms with Gasteiger partial charge in [0.1, 0.15) is 0 Å². The first kappa shape index (κ1) is 10.9. The summed E-state index contributed by atoms with van der Waals surface area (Å²) in [6.45, 7) is 3.55. The highest BCUT2D eigenvalue weighted by Crippen LogP contribution is 2.45. The first-order chi connectivity index (χ1) is 7.53. The van der Waals surface area contributed by atoms with Crippen molar-refractivity contribution in [3.63, 3.8) is 0 Å². The topological polar surface area (TPSA) is 44.5 Å². The third-order valence-electron chi connectivity index (χ3n) is 2.28. The van der Waals surface area contributed by atoms with Crippen LogP contribution in [0, 0.1) is 0 Å². The van der Waals surface area contributed by atoms with Gasteiger partial charge in [0, 0.05) is 11.6 Å². The van der Waals surface area contributed by atoms with E-state index < -0.39 is 12.3 Å². The van der Waals surface area contributed by atoms with Crippen LogP contribution in [0.2, 0.25) is 0 Å². The number of benzene rings is 1. The molecule has 1 atom stereocenters. The van der Waals surface area contributed by atoms with Crippen LogP contribution >= 0.6 is 0 Å². The van der Waals surface area contributed by atoms with Crippen LogP contribution in [-0.4, -0.2) is 6.29 Å². The second-order valence-corrected chi connectivity index (χ2v) is 3.47. The van der Waals surface area contributed by atoms with Crippen molar-refractivity contribution in [2.75, 3.05) is 0 Å². The number of ether oxygens (including phenoxy) is 2. The molecule has 86 valence electrons. The van der Waals surface area contributed by atoms with E-state index in [-0.39, 0.29) is 11.5 Å². The van der Waals surface area contributed by atoms with Crippen molar-refractivity contribution in [2.24, 2.45) is 5.73 Å². The van der Waals surface area contributed by atoms with Crippen molar-refractivity contribution >= 4 is 0 Å². The lowest BCUT2D eigenvalue weighted by atomic mass is 10.0. The zero-order chi connectivity index (χ0) is 11.8. The van der Waals surface area contributed by atoms with Gasteiger partial charge in [-0.1, -0.05) is 18.2 Å². The lowest BCUT2D eigenvalue weighted by molar-refractivity contribution is -0.287. The largest absolute Gasteiger partial charge is 0.586 e. The van der Waals surface area contributed by atoms with Crippen molar-refractivity contribution < 1.29 is 18.3 Å². The molecule has 0 aromatic heterocycles. The van der Waals surface area contributed by atoms with Gasteiger partial charge in [-0.25, -0.2) is 0 Å². The molecule has 1 aliphatic heterocycles. The van der Waals surface area contributed by atoms with E-state index in [2.05, 4.69) is 16.1 Å². The summed E-state index contributed by atoms with van der Waals surface area (Å²) in [6.07, 6.45) is -1.50. The van der Waals surface area contributed by atoms with Crippen LogP contribution in [0.1, 0.15) is 18.0 Å². The number of alkyl halides is 2. The summed E-state index contributed by atoms with van der Waals surface area (Å²) in [5.74, 6) is 0.0314. The second-order valence-electron chi connectivity index (χ2n) is 3.47. The molecule has 5 heteroatoms. The van der Waals surface area contributed by atoms with Gasteiger partial charge in [0.05, 0.1) is 0 Å². The van der Waals surface area contributed by atoms with Crippen molar-refractivity contribution in [3.8, 4) is 11.5 Å². The molecule has 16 heavy (non-hydrogen) atoms.